The summed E-state index contributed by atoms with van der Waals surface area (Å²) in [6.07, 6.45) is 0.103. The van der Waals surface area contributed by atoms with Gasteiger partial charge in [0.05, 0.1) is 0 Å². The molecule has 1 atom stereocenters. The van der Waals surface area contributed by atoms with Gasteiger partial charge in [-0.3, -0.25) is 4.79 Å². The molecule has 0 radical (unpaired) electrons. The van der Waals surface area contributed by atoms with Crippen LogP contribution in [0.25, 0.3) is 0 Å². The minimum atomic E-state index is -2.57. The molecule has 2 aromatic rings. The van der Waals surface area contributed by atoms with E-state index in [-0.39, 0.29) is 11.0 Å². The Bertz CT molecular complexity index is 774. The van der Waals surface area contributed by atoms with Crippen LogP contribution in [0.1, 0.15) is 41.0 Å². The van der Waals surface area contributed by atoms with Gasteiger partial charge in [-0.05, 0) is 22.3 Å². The molecule has 148 valence electrons. The number of benzene rings is 2. The topological polar surface area (TPSA) is 35.5 Å². The zero-order chi connectivity index (χ0) is 20.6. The van der Waals surface area contributed by atoms with Crippen LogP contribution >= 0.6 is 0 Å². The van der Waals surface area contributed by atoms with Gasteiger partial charge < -0.3 is 9.16 Å². The van der Waals surface area contributed by atoms with Gasteiger partial charge >= 0.3 is 5.97 Å². The van der Waals surface area contributed by atoms with Crippen LogP contribution < -0.4 is 10.4 Å². The van der Waals surface area contributed by atoms with Crippen LogP contribution in [0.4, 0.5) is 0 Å². The quantitative estimate of drug-likeness (QED) is 0.406. The maximum atomic E-state index is 11.4. The molecule has 0 fully saturated rings. The Kier molecular flexibility index (Phi) is 7.62. The van der Waals surface area contributed by atoms with E-state index >= 15 is 0 Å². The van der Waals surface area contributed by atoms with E-state index in [9.17, 15) is 4.79 Å². The number of hydrogen-bond acceptors (Lipinski definition) is 3. The van der Waals surface area contributed by atoms with Crippen molar-refractivity contribution in [3.05, 3.63) is 60.7 Å². The van der Waals surface area contributed by atoms with E-state index in [1.54, 1.807) is 6.92 Å². The van der Waals surface area contributed by atoms with Crippen molar-refractivity contribution in [1.82, 2.24) is 0 Å². The molecule has 0 N–H and O–H groups in total. The molecule has 0 heterocycles. The first-order valence-electron chi connectivity index (χ1n) is 9.66. The van der Waals surface area contributed by atoms with Crippen LogP contribution in [0.3, 0.4) is 0 Å². The van der Waals surface area contributed by atoms with Gasteiger partial charge in [0.2, 0.25) is 0 Å². The van der Waals surface area contributed by atoms with E-state index in [0.29, 0.717) is 13.0 Å². The van der Waals surface area contributed by atoms with E-state index < -0.39 is 14.4 Å². The minimum absolute atomic E-state index is 0.0803. The third-order valence-electron chi connectivity index (χ3n) is 4.73. The lowest BCUT2D eigenvalue weighted by Crippen LogP contribution is -2.66. The molecule has 0 aliphatic heterocycles. The smallest absolute Gasteiger partial charge is 0.303 e. The Balaban J connectivity index is 2.41. The minimum Gasteiger partial charge on any atom is -0.449 e. The van der Waals surface area contributed by atoms with E-state index in [1.165, 1.54) is 17.3 Å². The Labute approximate surface area is 170 Å². The Morgan fingerprint density at radius 1 is 1.00 bits per heavy atom. The van der Waals surface area contributed by atoms with Crippen LogP contribution in [0.5, 0.6) is 0 Å². The molecule has 0 aliphatic carbocycles. The summed E-state index contributed by atoms with van der Waals surface area (Å²) in [5, 5.41) is 2.39. The van der Waals surface area contributed by atoms with E-state index in [2.05, 4.69) is 81.1 Å². The average Bonchev–Trinajstić information content (AvgIpc) is 2.65. The summed E-state index contributed by atoms with van der Waals surface area (Å²) in [5.74, 6) is 5.48. The fraction of sp³-hybridized carbons (Fsp3) is 0.375. The van der Waals surface area contributed by atoms with Crippen molar-refractivity contribution in [1.29, 1.82) is 0 Å². The molecule has 28 heavy (non-hydrogen) atoms. The summed E-state index contributed by atoms with van der Waals surface area (Å²) in [4.78, 5) is 11.4. The number of carbonyl (C=O) groups is 1. The SMILES string of the molecule is CC#CC(CCO[Si](c1ccccc1)(c1ccccc1)C(C)(C)C)OC(C)=O. The van der Waals surface area contributed by atoms with Crippen LogP contribution in [0.2, 0.25) is 5.04 Å². The lowest BCUT2D eigenvalue weighted by molar-refractivity contribution is -0.144. The maximum absolute atomic E-state index is 11.4. The van der Waals surface area contributed by atoms with Gasteiger partial charge in [-0.2, -0.15) is 0 Å². The molecule has 0 aromatic heterocycles. The fourth-order valence-electron chi connectivity index (χ4n) is 3.60. The number of carbonyl (C=O) groups excluding carboxylic acids is 1. The molecule has 2 rings (SSSR count). The highest BCUT2D eigenvalue weighted by molar-refractivity contribution is 6.99. The number of rotatable bonds is 7. The van der Waals surface area contributed by atoms with E-state index in [1.807, 2.05) is 12.1 Å². The van der Waals surface area contributed by atoms with Crippen molar-refractivity contribution in [3.8, 4) is 11.8 Å². The Morgan fingerprint density at radius 3 is 1.89 bits per heavy atom. The molecule has 3 nitrogen and oxygen atoms in total. The normalized spacial score (nSPS) is 12.6. The van der Waals surface area contributed by atoms with Gasteiger partial charge in [0.25, 0.3) is 8.32 Å². The van der Waals surface area contributed by atoms with Crippen LogP contribution in [0, 0.1) is 11.8 Å². The fourth-order valence-corrected chi connectivity index (χ4v) is 8.18. The molecule has 2 aromatic carbocycles. The second-order valence-corrected chi connectivity index (χ2v) is 12.1. The standard InChI is InChI=1S/C24H30O3Si/c1-6-13-21(27-20(2)25)18-19-26-28(24(3,4)5,22-14-9-7-10-15-22)23-16-11-8-12-17-23/h7-12,14-17,21H,18-19H2,1-5H3. The zero-order valence-electron chi connectivity index (χ0n) is 17.5. The highest BCUT2D eigenvalue weighted by atomic mass is 28.4. The van der Waals surface area contributed by atoms with Crippen LogP contribution in [-0.2, 0) is 14.0 Å². The van der Waals surface area contributed by atoms with Gasteiger partial charge in [0.1, 0.15) is 0 Å². The van der Waals surface area contributed by atoms with E-state index in [4.69, 9.17) is 9.16 Å². The molecule has 0 saturated heterocycles. The molecule has 0 aliphatic rings. The molecular weight excluding hydrogens is 364 g/mol. The van der Waals surface area contributed by atoms with Crippen molar-refractivity contribution in [2.45, 2.75) is 52.2 Å². The molecule has 1 unspecified atom stereocenters. The number of esters is 1. The first-order chi connectivity index (χ1) is 13.3. The highest BCUT2D eigenvalue weighted by Crippen LogP contribution is 2.36. The monoisotopic (exact) mass is 394 g/mol. The summed E-state index contributed by atoms with van der Waals surface area (Å²) in [6, 6.07) is 21.0. The molecule has 0 spiro atoms. The van der Waals surface area contributed by atoms with Crippen LogP contribution in [0.15, 0.2) is 60.7 Å². The van der Waals surface area contributed by atoms with Gasteiger partial charge in [-0.1, -0.05) is 87.4 Å². The van der Waals surface area contributed by atoms with Gasteiger partial charge in [0.15, 0.2) is 6.10 Å². The first-order valence-corrected chi connectivity index (χ1v) is 11.6. The maximum Gasteiger partial charge on any atom is 0.303 e. The lowest BCUT2D eigenvalue weighted by atomic mass is 10.2. The second-order valence-electron chi connectivity index (χ2n) is 7.79. The molecular formula is C24H30O3Si. The molecule has 0 amide bonds. The first kappa shape index (κ1) is 21.9. The molecule has 0 bridgehead atoms. The van der Waals surface area contributed by atoms with Crippen molar-refractivity contribution in [2.24, 2.45) is 0 Å². The van der Waals surface area contributed by atoms with Crippen molar-refractivity contribution < 1.29 is 14.0 Å². The number of hydrogen-bond donors (Lipinski definition) is 0. The largest absolute Gasteiger partial charge is 0.449 e. The van der Waals surface area contributed by atoms with Crippen molar-refractivity contribution in [3.63, 3.8) is 0 Å². The van der Waals surface area contributed by atoms with E-state index in [0.717, 1.165) is 0 Å². The predicted molar refractivity (Wildman–Crippen MR) is 117 cm³/mol. The highest BCUT2D eigenvalue weighted by Gasteiger charge is 2.50. The second kappa shape index (κ2) is 9.72. The summed E-state index contributed by atoms with van der Waals surface area (Å²) in [6.45, 7) is 10.4. The predicted octanol–water partition coefficient (Wildman–Crippen LogP) is 3.91. The number of ether oxygens (including phenoxy) is 1. The average molecular weight is 395 g/mol. The van der Waals surface area contributed by atoms with Crippen molar-refractivity contribution >= 4 is 24.7 Å². The Morgan fingerprint density at radius 2 is 1.50 bits per heavy atom. The molecule has 0 saturated carbocycles. The van der Waals surface area contributed by atoms with Gasteiger partial charge in [-0.15, -0.1) is 5.92 Å². The summed E-state index contributed by atoms with van der Waals surface area (Å²) in [7, 11) is -2.57. The van der Waals surface area contributed by atoms with Gasteiger partial charge in [-0.25, -0.2) is 0 Å². The summed E-state index contributed by atoms with van der Waals surface area (Å²) in [5.41, 5.74) is 0. The Hall–Kier alpha value is -2.35. The third kappa shape index (κ3) is 5.12. The van der Waals surface area contributed by atoms with Crippen molar-refractivity contribution in [2.75, 3.05) is 6.61 Å². The third-order valence-corrected chi connectivity index (χ3v) is 9.77. The molecule has 4 heteroatoms. The summed E-state index contributed by atoms with van der Waals surface area (Å²) < 4.78 is 12.1. The van der Waals surface area contributed by atoms with Crippen LogP contribution in [-0.4, -0.2) is 27.0 Å². The zero-order valence-corrected chi connectivity index (χ0v) is 18.5. The van der Waals surface area contributed by atoms with Gasteiger partial charge in [0, 0.05) is 20.0 Å². The lowest BCUT2D eigenvalue weighted by Gasteiger charge is -2.43. The summed E-state index contributed by atoms with van der Waals surface area (Å²) >= 11 is 0.